The molecule has 3 N–H and O–H groups in total. The number of phosphoric acid groups is 1. The zero-order valence-corrected chi connectivity index (χ0v) is 38.6. The topological polar surface area (TPSA) is 131 Å². The Morgan fingerprint density at radius 3 is 1.37 bits per heavy atom. The van der Waals surface area contributed by atoms with E-state index in [4.69, 9.17) is 13.8 Å². The van der Waals surface area contributed by atoms with Gasteiger partial charge < -0.3 is 20.1 Å². The molecule has 0 aliphatic heterocycles. The van der Waals surface area contributed by atoms with Crippen molar-refractivity contribution in [3.05, 3.63) is 60.8 Å². The van der Waals surface area contributed by atoms with Crippen molar-refractivity contribution >= 4 is 19.7 Å². The second-order valence-corrected chi connectivity index (χ2v) is 17.2. The summed E-state index contributed by atoms with van der Waals surface area (Å²) >= 11 is 0. The van der Waals surface area contributed by atoms with Crippen molar-refractivity contribution < 1.29 is 37.9 Å². The zero-order chi connectivity index (χ0) is 43.2. The maximum atomic E-state index is 12.1. The van der Waals surface area contributed by atoms with Crippen molar-refractivity contribution in [2.24, 2.45) is 0 Å². The molecule has 1 amide bonds. The highest BCUT2D eigenvalue weighted by Crippen LogP contribution is 2.42. The Labute approximate surface area is 361 Å². The molecule has 59 heavy (non-hydrogen) atoms. The molecule has 0 heterocycles. The molecule has 0 rings (SSSR count). The number of aliphatic hydroxyl groups excluding tert-OH is 1. The molecule has 342 valence electrons. The molecule has 0 aliphatic carbocycles. The monoisotopic (exact) mass is 850 g/mol. The normalized spacial score (nSPS) is 13.8. The lowest BCUT2D eigenvalue weighted by molar-refractivity contribution is -0.147. The van der Waals surface area contributed by atoms with Crippen LogP contribution in [0.25, 0.3) is 0 Å². The third kappa shape index (κ3) is 46.6. The fourth-order valence-electron chi connectivity index (χ4n) is 6.30. The van der Waals surface area contributed by atoms with Crippen LogP contribution in [-0.2, 0) is 27.9 Å². The van der Waals surface area contributed by atoms with Gasteiger partial charge in [0.15, 0.2) is 0 Å². The smallest absolute Gasteiger partial charge is 0.463 e. The Bertz CT molecular complexity index is 1150. The van der Waals surface area contributed by atoms with Gasteiger partial charge in [-0.2, -0.15) is 0 Å². The van der Waals surface area contributed by atoms with Crippen molar-refractivity contribution in [1.29, 1.82) is 0 Å². The van der Waals surface area contributed by atoms with E-state index in [-0.39, 0.29) is 32.1 Å². The van der Waals surface area contributed by atoms with Gasteiger partial charge in [-0.1, -0.05) is 171 Å². The minimum atomic E-state index is -4.43. The first-order chi connectivity index (χ1) is 28.8. The minimum absolute atomic E-state index is 0.0755. The summed E-state index contributed by atoms with van der Waals surface area (Å²) in [7, 11) is -4.43. The Morgan fingerprint density at radius 1 is 0.525 bits per heavy atom. The van der Waals surface area contributed by atoms with Gasteiger partial charge >= 0.3 is 13.8 Å². The molecule has 0 aromatic carbocycles. The van der Waals surface area contributed by atoms with Crippen LogP contribution in [0.15, 0.2) is 60.8 Å². The van der Waals surface area contributed by atoms with E-state index in [0.29, 0.717) is 6.42 Å². The predicted octanol–water partition coefficient (Wildman–Crippen LogP) is 13.7. The number of carbonyl (C=O) groups excluding carboxylic acids is 2. The highest BCUT2D eigenvalue weighted by Gasteiger charge is 2.23. The van der Waals surface area contributed by atoms with Crippen LogP contribution in [0.1, 0.15) is 206 Å². The van der Waals surface area contributed by atoms with Crippen molar-refractivity contribution in [3.63, 3.8) is 0 Å². The SMILES string of the molecule is CCCCC/C=C\C/C=C\C/C=C\CCCCCCCCCCCCC(=O)NCCOP(=O)(O)OCC(O)COC(=O)CCCCCCC/C=C\C/C=C\CCCCC. The molecule has 0 aromatic heterocycles. The number of ether oxygens (including phenoxy) is 1. The second-order valence-electron chi connectivity index (χ2n) is 15.7. The van der Waals surface area contributed by atoms with Crippen molar-refractivity contribution in [1.82, 2.24) is 5.32 Å². The van der Waals surface area contributed by atoms with Gasteiger partial charge in [-0.3, -0.25) is 18.6 Å². The number of hydrogen-bond acceptors (Lipinski definition) is 7. The fraction of sp³-hybridized carbons (Fsp3) is 0.755. The van der Waals surface area contributed by atoms with Crippen LogP contribution in [0.5, 0.6) is 0 Å². The number of amides is 1. The first kappa shape index (κ1) is 56.7. The molecule has 0 saturated heterocycles. The van der Waals surface area contributed by atoms with Crippen LogP contribution < -0.4 is 5.32 Å². The summed E-state index contributed by atoms with van der Waals surface area (Å²) in [4.78, 5) is 34.0. The van der Waals surface area contributed by atoms with E-state index in [1.807, 2.05) is 0 Å². The standard InChI is InChI=1S/C49H88NO8P/c1-3-5-7-9-11-13-15-17-19-20-21-22-23-24-25-26-28-29-31-33-35-37-39-41-48(52)50-43-44-57-59(54,55)58-46-47(51)45-56-49(53)42-40-38-36-34-32-30-27-18-16-14-12-10-8-6-4-2/h11-14,17-19,21-22,27,47,51H,3-10,15-16,20,23-26,28-46H2,1-2H3,(H,50,52)(H,54,55)/b13-11-,14-12-,19-17-,22-21-,27-18-. The van der Waals surface area contributed by atoms with Gasteiger partial charge in [0.2, 0.25) is 5.91 Å². The van der Waals surface area contributed by atoms with Gasteiger partial charge in [-0.25, -0.2) is 4.57 Å². The van der Waals surface area contributed by atoms with Crippen molar-refractivity contribution in [2.45, 2.75) is 213 Å². The maximum Gasteiger partial charge on any atom is 0.472 e. The maximum absolute atomic E-state index is 12.1. The average molecular weight is 850 g/mol. The lowest BCUT2D eigenvalue weighted by atomic mass is 10.0. The molecule has 0 saturated carbocycles. The van der Waals surface area contributed by atoms with Crippen LogP contribution in [0.4, 0.5) is 0 Å². The Morgan fingerprint density at radius 2 is 0.915 bits per heavy atom. The van der Waals surface area contributed by atoms with Gasteiger partial charge in [0.05, 0.1) is 13.2 Å². The molecule has 0 aliphatic rings. The summed E-state index contributed by atoms with van der Waals surface area (Å²) in [6.45, 7) is 3.48. The van der Waals surface area contributed by atoms with E-state index in [1.54, 1.807) is 0 Å². The average Bonchev–Trinajstić information content (AvgIpc) is 3.22. The fourth-order valence-corrected chi connectivity index (χ4v) is 7.06. The Kier molecular flexibility index (Phi) is 43.5. The Hall–Kier alpha value is -2.29. The first-order valence-corrected chi connectivity index (χ1v) is 25.3. The van der Waals surface area contributed by atoms with Crippen LogP contribution >= 0.6 is 7.82 Å². The summed E-state index contributed by atoms with van der Waals surface area (Å²) in [6.07, 6.45) is 54.4. The van der Waals surface area contributed by atoms with E-state index in [1.165, 1.54) is 103 Å². The highest BCUT2D eigenvalue weighted by molar-refractivity contribution is 7.47. The second kappa shape index (κ2) is 45.2. The molecule has 0 bridgehead atoms. The van der Waals surface area contributed by atoms with Gasteiger partial charge in [0.1, 0.15) is 12.7 Å². The van der Waals surface area contributed by atoms with Crippen molar-refractivity contribution in [3.8, 4) is 0 Å². The third-order valence-corrected chi connectivity index (χ3v) is 10.9. The predicted molar refractivity (Wildman–Crippen MR) is 247 cm³/mol. The number of unbranched alkanes of at least 4 members (excludes halogenated alkanes) is 21. The zero-order valence-electron chi connectivity index (χ0n) is 37.7. The summed E-state index contributed by atoms with van der Waals surface area (Å²) in [5.74, 6) is -0.535. The van der Waals surface area contributed by atoms with E-state index in [9.17, 15) is 24.2 Å². The molecular formula is C49H88NO8P. The molecule has 10 heteroatoms. The van der Waals surface area contributed by atoms with E-state index < -0.39 is 26.5 Å². The summed E-state index contributed by atoms with van der Waals surface area (Å²) < 4.78 is 26.9. The van der Waals surface area contributed by atoms with Crippen LogP contribution in [-0.4, -0.2) is 54.3 Å². The number of hydrogen-bond donors (Lipinski definition) is 3. The molecule has 2 unspecified atom stereocenters. The number of esters is 1. The van der Waals surface area contributed by atoms with Crippen LogP contribution in [0.3, 0.4) is 0 Å². The summed E-state index contributed by atoms with van der Waals surface area (Å²) in [5.41, 5.74) is 0. The number of allylic oxidation sites excluding steroid dienone is 10. The van der Waals surface area contributed by atoms with Crippen LogP contribution in [0, 0.1) is 0 Å². The summed E-state index contributed by atoms with van der Waals surface area (Å²) in [5, 5.41) is 12.7. The van der Waals surface area contributed by atoms with Gasteiger partial charge in [0.25, 0.3) is 0 Å². The molecule has 2 atom stereocenters. The molecule has 0 spiro atoms. The van der Waals surface area contributed by atoms with Gasteiger partial charge in [-0.15, -0.1) is 0 Å². The molecule has 9 nitrogen and oxygen atoms in total. The van der Waals surface area contributed by atoms with Gasteiger partial charge in [0, 0.05) is 19.4 Å². The first-order valence-electron chi connectivity index (χ1n) is 23.8. The summed E-state index contributed by atoms with van der Waals surface area (Å²) in [6, 6.07) is 0. The number of aliphatic hydroxyl groups is 1. The van der Waals surface area contributed by atoms with Crippen molar-refractivity contribution in [2.75, 3.05) is 26.4 Å². The lowest BCUT2D eigenvalue weighted by Gasteiger charge is -2.15. The number of nitrogens with one attached hydrogen (secondary N) is 1. The number of rotatable bonds is 44. The lowest BCUT2D eigenvalue weighted by Crippen LogP contribution is -2.27. The number of phosphoric ester groups is 1. The molecule has 0 aromatic rings. The van der Waals surface area contributed by atoms with E-state index in [0.717, 1.165) is 77.0 Å². The molecule has 0 radical (unpaired) electrons. The van der Waals surface area contributed by atoms with E-state index in [2.05, 4.69) is 79.9 Å². The Balaban J connectivity index is 3.60. The van der Waals surface area contributed by atoms with E-state index >= 15 is 0 Å². The van der Waals surface area contributed by atoms with Crippen LogP contribution in [0.2, 0.25) is 0 Å². The van der Waals surface area contributed by atoms with Gasteiger partial charge in [-0.05, 0) is 83.5 Å². The molecule has 0 fully saturated rings. The quantitative estimate of drug-likeness (QED) is 0.0239. The third-order valence-electron chi connectivity index (χ3n) is 9.92. The minimum Gasteiger partial charge on any atom is -0.463 e. The largest absolute Gasteiger partial charge is 0.472 e. The highest BCUT2D eigenvalue weighted by atomic mass is 31.2. The molecular weight excluding hydrogens is 762 g/mol. The number of carbonyl (C=O) groups is 2.